The number of methoxy groups -OCH3 is 1. The van der Waals surface area contributed by atoms with Crippen molar-refractivity contribution in [2.75, 3.05) is 13.7 Å². The third-order valence-corrected chi connectivity index (χ3v) is 4.38. The molecular formula is C19H24N2O5. The van der Waals surface area contributed by atoms with Crippen molar-refractivity contribution in [1.82, 2.24) is 9.88 Å². The van der Waals surface area contributed by atoms with Crippen LogP contribution in [-0.4, -0.2) is 47.2 Å². The molecule has 0 saturated heterocycles. The van der Waals surface area contributed by atoms with Crippen LogP contribution in [0, 0.1) is 13.8 Å². The van der Waals surface area contributed by atoms with Crippen LogP contribution in [0.4, 0.5) is 0 Å². The zero-order valence-corrected chi connectivity index (χ0v) is 15.7. The minimum absolute atomic E-state index is 0.191. The number of aromatic nitrogens is 1. The summed E-state index contributed by atoms with van der Waals surface area (Å²) in [7, 11) is 1.28. The van der Waals surface area contributed by atoms with Crippen molar-refractivity contribution >= 4 is 17.7 Å². The van der Waals surface area contributed by atoms with Gasteiger partial charge in [-0.3, -0.25) is 9.59 Å². The Hall–Kier alpha value is -2.83. The smallest absolute Gasteiger partial charge is 0.354 e. The number of rotatable bonds is 7. The number of amides is 1. The topological polar surface area (TPSA) is 92.6 Å². The lowest BCUT2D eigenvalue weighted by Gasteiger charge is -2.27. The standard InChI is InChI=1S/C19H24N2O5/c1-6-9-21(18(23)14-8-7-10-26-14)13(4)17(22)15-11(2)16(19(24)25-5)20-12(15)3/h7-8,10,13,20H,6,9H2,1-5H3. The van der Waals surface area contributed by atoms with Gasteiger partial charge in [0.1, 0.15) is 5.69 Å². The Morgan fingerprint density at radius 3 is 2.54 bits per heavy atom. The minimum Gasteiger partial charge on any atom is -0.464 e. The Morgan fingerprint density at radius 2 is 2.00 bits per heavy atom. The van der Waals surface area contributed by atoms with E-state index in [-0.39, 0.29) is 23.1 Å². The summed E-state index contributed by atoms with van der Waals surface area (Å²) in [5.74, 6) is -0.915. The number of carbonyl (C=O) groups excluding carboxylic acids is 3. The number of carbonyl (C=O) groups is 3. The average Bonchev–Trinajstić information content (AvgIpc) is 3.25. The maximum Gasteiger partial charge on any atom is 0.354 e. The highest BCUT2D eigenvalue weighted by Crippen LogP contribution is 2.23. The van der Waals surface area contributed by atoms with Gasteiger partial charge in [0.05, 0.1) is 19.4 Å². The van der Waals surface area contributed by atoms with Gasteiger partial charge in [0, 0.05) is 17.8 Å². The van der Waals surface area contributed by atoms with Gasteiger partial charge in [-0.05, 0) is 44.9 Å². The number of aryl methyl sites for hydroxylation is 1. The van der Waals surface area contributed by atoms with Crippen molar-refractivity contribution in [1.29, 1.82) is 0 Å². The summed E-state index contributed by atoms with van der Waals surface area (Å²) in [6.45, 7) is 7.44. The molecule has 2 rings (SSSR count). The quantitative estimate of drug-likeness (QED) is 0.605. The van der Waals surface area contributed by atoms with E-state index in [1.54, 1.807) is 32.9 Å². The van der Waals surface area contributed by atoms with Gasteiger partial charge in [-0.15, -0.1) is 0 Å². The van der Waals surface area contributed by atoms with Crippen molar-refractivity contribution in [2.45, 2.75) is 40.2 Å². The predicted molar refractivity (Wildman–Crippen MR) is 95.4 cm³/mol. The molecule has 1 N–H and O–H groups in total. The van der Waals surface area contributed by atoms with Crippen LogP contribution in [0.15, 0.2) is 22.8 Å². The molecule has 0 radical (unpaired) electrons. The van der Waals surface area contributed by atoms with Crippen molar-refractivity contribution in [3.05, 3.63) is 46.7 Å². The summed E-state index contributed by atoms with van der Waals surface area (Å²) in [6, 6.07) is 2.50. The molecule has 0 aliphatic rings. The van der Waals surface area contributed by atoms with E-state index >= 15 is 0 Å². The van der Waals surface area contributed by atoms with Crippen LogP contribution in [0.5, 0.6) is 0 Å². The second-order valence-corrected chi connectivity index (χ2v) is 6.13. The third kappa shape index (κ3) is 3.56. The highest BCUT2D eigenvalue weighted by atomic mass is 16.5. The second-order valence-electron chi connectivity index (χ2n) is 6.13. The number of ether oxygens (including phenoxy) is 1. The maximum absolute atomic E-state index is 13.1. The van der Waals surface area contributed by atoms with E-state index in [0.717, 1.165) is 0 Å². The van der Waals surface area contributed by atoms with Crippen molar-refractivity contribution in [3.8, 4) is 0 Å². The van der Waals surface area contributed by atoms with Crippen LogP contribution >= 0.6 is 0 Å². The number of H-pyrrole nitrogens is 1. The highest BCUT2D eigenvalue weighted by molar-refractivity contribution is 6.07. The molecule has 0 spiro atoms. The predicted octanol–water partition coefficient (Wildman–Crippen LogP) is 3.13. The molecule has 1 amide bonds. The molecule has 0 saturated carbocycles. The molecule has 0 aliphatic carbocycles. The second kappa shape index (κ2) is 8.03. The van der Waals surface area contributed by atoms with Gasteiger partial charge in [0.25, 0.3) is 5.91 Å². The summed E-state index contributed by atoms with van der Waals surface area (Å²) in [6.07, 6.45) is 2.12. The molecule has 0 aromatic carbocycles. The lowest BCUT2D eigenvalue weighted by molar-refractivity contribution is 0.0590. The molecule has 2 heterocycles. The average molecular weight is 360 g/mol. The zero-order chi connectivity index (χ0) is 19.4. The van der Waals surface area contributed by atoms with E-state index in [2.05, 4.69) is 4.98 Å². The molecule has 0 bridgehead atoms. The van der Waals surface area contributed by atoms with E-state index in [0.29, 0.717) is 29.8 Å². The highest BCUT2D eigenvalue weighted by Gasteiger charge is 2.32. The zero-order valence-electron chi connectivity index (χ0n) is 15.7. The number of nitrogens with zero attached hydrogens (tertiary/aromatic N) is 1. The van der Waals surface area contributed by atoms with E-state index in [4.69, 9.17) is 9.15 Å². The first-order chi connectivity index (χ1) is 12.3. The van der Waals surface area contributed by atoms with Crippen molar-refractivity contribution < 1.29 is 23.5 Å². The minimum atomic E-state index is -0.703. The number of furan rings is 1. The summed E-state index contributed by atoms with van der Waals surface area (Å²) in [5.41, 5.74) is 1.75. The normalized spacial score (nSPS) is 11.9. The first-order valence-electron chi connectivity index (χ1n) is 8.49. The molecule has 0 fully saturated rings. The number of esters is 1. The Balaban J connectivity index is 2.36. The maximum atomic E-state index is 13.1. The lowest BCUT2D eigenvalue weighted by atomic mass is 9.99. The van der Waals surface area contributed by atoms with E-state index in [1.807, 2.05) is 6.92 Å². The SMILES string of the molecule is CCCN(C(=O)c1ccco1)C(C)C(=O)c1c(C)[nH]c(C(=O)OC)c1C. The summed E-state index contributed by atoms with van der Waals surface area (Å²) in [5, 5.41) is 0. The van der Waals surface area contributed by atoms with Gasteiger partial charge >= 0.3 is 5.97 Å². The van der Waals surface area contributed by atoms with Crippen LogP contribution in [0.2, 0.25) is 0 Å². The van der Waals surface area contributed by atoms with Gasteiger partial charge in [-0.25, -0.2) is 4.79 Å². The number of hydrogen-bond acceptors (Lipinski definition) is 5. The number of aromatic amines is 1. The largest absolute Gasteiger partial charge is 0.464 e. The van der Waals surface area contributed by atoms with Gasteiger partial charge in [-0.1, -0.05) is 6.92 Å². The summed E-state index contributed by atoms with van der Waals surface area (Å²) >= 11 is 0. The van der Waals surface area contributed by atoms with Crippen LogP contribution in [0.1, 0.15) is 62.9 Å². The number of Topliss-reactive ketones (excluding diaryl/α,β-unsaturated/α-hetero) is 1. The summed E-state index contributed by atoms with van der Waals surface area (Å²) in [4.78, 5) is 42.1. The van der Waals surface area contributed by atoms with Gasteiger partial charge in [0.2, 0.25) is 0 Å². The van der Waals surface area contributed by atoms with Crippen LogP contribution in [-0.2, 0) is 4.74 Å². The molecule has 140 valence electrons. The van der Waals surface area contributed by atoms with E-state index < -0.39 is 12.0 Å². The molecule has 26 heavy (non-hydrogen) atoms. The van der Waals surface area contributed by atoms with Crippen LogP contribution in [0.25, 0.3) is 0 Å². The molecule has 1 unspecified atom stereocenters. The van der Waals surface area contributed by atoms with Crippen molar-refractivity contribution in [3.63, 3.8) is 0 Å². The lowest BCUT2D eigenvalue weighted by Crippen LogP contribution is -2.44. The van der Waals surface area contributed by atoms with Crippen LogP contribution < -0.4 is 0 Å². The van der Waals surface area contributed by atoms with Gasteiger partial charge < -0.3 is 19.0 Å². The first-order valence-corrected chi connectivity index (χ1v) is 8.49. The first kappa shape index (κ1) is 19.5. The van der Waals surface area contributed by atoms with Gasteiger partial charge in [-0.2, -0.15) is 0 Å². The molecular weight excluding hydrogens is 336 g/mol. The fourth-order valence-electron chi connectivity index (χ4n) is 3.03. The fraction of sp³-hybridized carbons (Fsp3) is 0.421. The molecule has 0 aliphatic heterocycles. The Kier molecular flexibility index (Phi) is 6.02. The van der Waals surface area contributed by atoms with E-state index in [1.165, 1.54) is 18.3 Å². The number of ketones is 1. The Labute approximate surface area is 152 Å². The Morgan fingerprint density at radius 1 is 1.31 bits per heavy atom. The molecule has 1 atom stereocenters. The number of hydrogen-bond donors (Lipinski definition) is 1. The molecule has 7 heteroatoms. The monoisotopic (exact) mass is 360 g/mol. The molecule has 7 nitrogen and oxygen atoms in total. The summed E-state index contributed by atoms with van der Waals surface area (Å²) < 4.78 is 9.93. The van der Waals surface area contributed by atoms with Crippen LogP contribution in [0.3, 0.4) is 0 Å². The fourth-order valence-corrected chi connectivity index (χ4v) is 3.03. The molecule has 2 aromatic rings. The third-order valence-electron chi connectivity index (χ3n) is 4.38. The molecule has 2 aromatic heterocycles. The Bertz CT molecular complexity index is 804. The number of nitrogens with one attached hydrogen (secondary N) is 1. The van der Waals surface area contributed by atoms with Crippen molar-refractivity contribution in [2.24, 2.45) is 0 Å². The van der Waals surface area contributed by atoms with Gasteiger partial charge in [0.15, 0.2) is 11.5 Å². The van der Waals surface area contributed by atoms with E-state index in [9.17, 15) is 14.4 Å².